The van der Waals surface area contributed by atoms with Gasteiger partial charge in [0.2, 0.25) is 11.1 Å². The van der Waals surface area contributed by atoms with Gasteiger partial charge in [-0.1, -0.05) is 5.16 Å². The monoisotopic (exact) mass is 308 g/mol. The minimum Gasteiger partial charge on any atom is -0.344 e. The van der Waals surface area contributed by atoms with Gasteiger partial charge in [0.25, 0.3) is 0 Å². The molecule has 6 nitrogen and oxygen atoms in total. The fourth-order valence-corrected chi connectivity index (χ4v) is 2.97. The van der Waals surface area contributed by atoms with E-state index in [0.29, 0.717) is 23.8 Å². The van der Waals surface area contributed by atoms with Gasteiger partial charge in [-0.3, -0.25) is 4.79 Å². The summed E-state index contributed by atoms with van der Waals surface area (Å²) < 4.78 is 6.96. The number of hydrogen-bond acceptors (Lipinski definition) is 4. The van der Waals surface area contributed by atoms with E-state index in [0.717, 1.165) is 19.4 Å². The molecule has 3 heterocycles. The van der Waals surface area contributed by atoms with Crippen LogP contribution in [-0.4, -0.2) is 38.6 Å². The first-order valence-corrected chi connectivity index (χ1v) is 7.39. The first-order chi connectivity index (χ1) is 10.1. The highest BCUT2D eigenvalue weighted by atomic mass is 35.5. The van der Waals surface area contributed by atoms with Crippen LogP contribution in [0.2, 0.25) is 5.22 Å². The quantitative estimate of drug-likeness (QED) is 0.872. The Bertz CT molecular complexity index is 603. The number of carbonyl (C=O) groups excluding carboxylic acids is 1. The molecule has 0 aromatic carbocycles. The van der Waals surface area contributed by atoms with E-state index in [-0.39, 0.29) is 17.5 Å². The van der Waals surface area contributed by atoms with Crippen molar-refractivity contribution in [3.63, 3.8) is 0 Å². The second-order valence-corrected chi connectivity index (χ2v) is 5.69. The van der Waals surface area contributed by atoms with Crippen molar-refractivity contribution in [1.29, 1.82) is 0 Å². The molecule has 3 rings (SSSR count). The number of amides is 1. The molecule has 1 saturated heterocycles. The molecule has 1 atom stereocenters. The standard InChI is InChI=1S/C14H17ClN4O2/c1-10-12(14(15)21-17-10)7-13(20)18-5-2-3-11(8-18)19-6-4-16-9-19/h4,6,9,11H,2-3,5,7-8H2,1H3/t11-/m1/s1. The van der Waals surface area contributed by atoms with Crippen molar-refractivity contribution in [2.75, 3.05) is 13.1 Å². The third-order valence-electron chi connectivity index (χ3n) is 3.96. The summed E-state index contributed by atoms with van der Waals surface area (Å²) in [7, 11) is 0. The maximum absolute atomic E-state index is 12.5. The van der Waals surface area contributed by atoms with E-state index in [1.165, 1.54) is 0 Å². The van der Waals surface area contributed by atoms with Crippen LogP contribution in [-0.2, 0) is 11.2 Å². The number of carbonyl (C=O) groups is 1. The molecule has 21 heavy (non-hydrogen) atoms. The van der Waals surface area contributed by atoms with Gasteiger partial charge in [-0.15, -0.1) is 0 Å². The smallest absolute Gasteiger partial charge is 0.229 e. The lowest BCUT2D eigenvalue weighted by molar-refractivity contribution is -0.132. The summed E-state index contributed by atoms with van der Waals surface area (Å²) in [4.78, 5) is 18.4. The summed E-state index contributed by atoms with van der Waals surface area (Å²) >= 11 is 5.93. The zero-order chi connectivity index (χ0) is 14.8. The summed E-state index contributed by atoms with van der Waals surface area (Å²) in [5.74, 6) is 0.0630. The molecule has 0 spiro atoms. The Morgan fingerprint density at radius 3 is 3.10 bits per heavy atom. The predicted molar refractivity (Wildman–Crippen MR) is 77.0 cm³/mol. The lowest BCUT2D eigenvalue weighted by Gasteiger charge is -2.33. The van der Waals surface area contributed by atoms with E-state index in [4.69, 9.17) is 16.1 Å². The molecule has 1 aliphatic rings. The summed E-state index contributed by atoms with van der Waals surface area (Å²) in [6, 6.07) is 0.296. The lowest BCUT2D eigenvalue weighted by Crippen LogP contribution is -2.41. The minimum absolute atomic E-state index is 0.0630. The molecule has 0 unspecified atom stereocenters. The Hall–Kier alpha value is -1.82. The van der Waals surface area contributed by atoms with Crippen LogP contribution in [0.25, 0.3) is 0 Å². The zero-order valence-electron chi connectivity index (χ0n) is 11.8. The number of likely N-dealkylation sites (tertiary alicyclic amines) is 1. The number of halogens is 1. The molecule has 0 radical (unpaired) electrons. The van der Waals surface area contributed by atoms with Crippen molar-refractivity contribution < 1.29 is 9.32 Å². The molecule has 2 aromatic heterocycles. The number of piperidine rings is 1. The molecule has 112 valence electrons. The van der Waals surface area contributed by atoms with E-state index in [1.54, 1.807) is 19.4 Å². The maximum Gasteiger partial charge on any atom is 0.229 e. The van der Waals surface area contributed by atoms with Crippen LogP contribution in [0.15, 0.2) is 23.2 Å². The van der Waals surface area contributed by atoms with E-state index in [9.17, 15) is 4.79 Å². The van der Waals surface area contributed by atoms with Gasteiger partial charge in [0.05, 0.1) is 24.5 Å². The van der Waals surface area contributed by atoms with Gasteiger partial charge < -0.3 is 14.0 Å². The maximum atomic E-state index is 12.5. The molecule has 0 N–H and O–H groups in total. The van der Waals surface area contributed by atoms with Gasteiger partial charge in [0, 0.05) is 31.0 Å². The van der Waals surface area contributed by atoms with Gasteiger partial charge >= 0.3 is 0 Å². The Balaban J connectivity index is 1.67. The van der Waals surface area contributed by atoms with E-state index in [2.05, 4.69) is 14.7 Å². The summed E-state index contributed by atoms with van der Waals surface area (Å²) in [6.45, 7) is 3.28. The molecule has 2 aromatic rings. The third kappa shape index (κ3) is 2.95. The van der Waals surface area contributed by atoms with Crippen molar-refractivity contribution in [2.24, 2.45) is 0 Å². The predicted octanol–water partition coefficient (Wildman–Crippen LogP) is 2.24. The zero-order valence-corrected chi connectivity index (χ0v) is 12.6. The van der Waals surface area contributed by atoms with Crippen molar-refractivity contribution in [3.05, 3.63) is 35.2 Å². The molecule has 1 aliphatic heterocycles. The number of nitrogens with zero attached hydrogens (tertiary/aromatic N) is 4. The Morgan fingerprint density at radius 1 is 1.57 bits per heavy atom. The molecule has 0 aliphatic carbocycles. The van der Waals surface area contributed by atoms with Crippen LogP contribution in [0.4, 0.5) is 0 Å². The average molecular weight is 309 g/mol. The number of aromatic nitrogens is 3. The van der Waals surface area contributed by atoms with E-state index >= 15 is 0 Å². The summed E-state index contributed by atoms with van der Waals surface area (Å²) in [5, 5.41) is 3.99. The van der Waals surface area contributed by atoms with Crippen LogP contribution < -0.4 is 0 Å². The van der Waals surface area contributed by atoms with Crippen LogP contribution in [0.5, 0.6) is 0 Å². The van der Waals surface area contributed by atoms with Crippen molar-refractivity contribution in [3.8, 4) is 0 Å². The molecule has 0 saturated carbocycles. The number of aryl methyl sites for hydroxylation is 1. The highest BCUT2D eigenvalue weighted by molar-refractivity contribution is 6.29. The van der Waals surface area contributed by atoms with Crippen LogP contribution in [0.3, 0.4) is 0 Å². The van der Waals surface area contributed by atoms with Gasteiger partial charge in [-0.25, -0.2) is 4.98 Å². The Kier molecular flexibility index (Phi) is 3.96. The Morgan fingerprint density at radius 2 is 2.43 bits per heavy atom. The highest BCUT2D eigenvalue weighted by Gasteiger charge is 2.26. The average Bonchev–Trinajstić information content (AvgIpc) is 3.13. The second-order valence-electron chi connectivity index (χ2n) is 5.34. The van der Waals surface area contributed by atoms with Gasteiger partial charge in [0.1, 0.15) is 0 Å². The van der Waals surface area contributed by atoms with Crippen molar-refractivity contribution >= 4 is 17.5 Å². The first kappa shape index (κ1) is 14.1. The SMILES string of the molecule is Cc1noc(Cl)c1CC(=O)N1CCC[C@@H](n2ccnc2)C1. The topological polar surface area (TPSA) is 64.2 Å². The van der Waals surface area contributed by atoms with E-state index < -0.39 is 0 Å². The number of hydrogen-bond donors (Lipinski definition) is 0. The highest BCUT2D eigenvalue weighted by Crippen LogP contribution is 2.24. The minimum atomic E-state index is 0.0630. The molecule has 7 heteroatoms. The number of rotatable bonds is 3. The molecular formula is C14H17ClN4O2. The van der Waals surface area contributed by atoms with Gasteiger partial charge in [0.15, 0.2) is 0 Å². The molecule has 1 amide bonds. The molecular weight excluding hydrogens is 292 g/mol. The fraction of sp³-hybridized carbons (Fsp3) is 0.500. The van der Waals surface area contributed by atoms with Crippen LogP contribution in [0, 0.1) is 6.92 Å². The van der Waals surface area contributed by atoms with Crippen molar-refractivity contribution in [1.82, 2.24) is 19.6 Å². The summed E-state index contributed by atoms with van der Waals surface area (Å²) in [5.41, 5.74) is 1.36. The summed E-state index contributed by atoms with van der Waals surface area (Å²) in [6.07, 6.45) is 7.81. The van der Waals surface area contributed by atoms with Gasteiger partial charge in [-0.2, -0.15) is 0 Å². The third-order valence-corrected chi connectivity index (χ3v) is 4.26. The fourth-order valence-electron chi connectivity index (χ4n) is 2.73. The molecule has 0 bridgehead atoms. The van der Waals surface area contributed by atoms with Crippen molar-refractivity contribution in [2.45, 2.75) is 32.2 Å². The van der Waals surface area contributed by atoms with E-state index in [1.807, 2.05) is 11.1 Å². The first-order valence-electron chi connectivity index (χ1n) is 7.01. The molecule has 1 fully saturated rings. The number of imidazole rings is 1. The largest absolute Gasteiger partial charge is 0.344 e. The second kappa shape index (κ2) is 5.89. The van der Waals surface area contributed by atoms with Gasteiger partial charge in [-0.05, 0) is 31.4 Å². The normalized spacial score (nSPS) is 19.0. The van der Waals surface area contributed by atoms with Crippen LogP contribution >= 0.6 is 11.6 Å². The van der Waals surface area contributed by atoms with Crippen LogP contribution in [0.1, 0.15) is 30.1 Å². The Labute approximate surface area is 127 Å². The lowest BCUT2D eigenvalue weighted by atomic mass is 10.0.